The number of aryl methyl sites for hydroxylation is 4. The van der Waals surface area contributed by atoms with Crippen molar-refractivity contribution < 1.29 is 0 Å². The van der Waals surface area contributed by atoms with E-state index in [0.717, 1.165) is 83.5 Å². The number of fused-ring (bicyclic) bond motifs is 2. The zero-order chi connectivity index (χ0) is 53.6. The van der Waals surface area contributed by atoms with Crippen molar-refractivity contribution in [3.8, 4) is 11.1 Å². The Morgan fingerprint density at radius 2 is 1.15 bits per heavy atom. The van der Waals surface area contributed by atoms with Crippen molar-refractivity contribution in [3.63, 3.8) is 0 Å². The van der Waals surface area contributed by atoms with Gasteiger partial charge in [-0.25, -0.2) is 0 Å². The van der Waals surface area contributed by atoms with E-state index in [2.05, 4.69) is 229 Å². The van der Waals surface area contributed by atoms with Gasteiger partial charge in [-0.1, -0.05) is 188 Å². The Balaban J connectivity index is 1.22. The lowest BCUT2D eigenvalue weighted by Crippen LogP contribution is -2.42. The second-order valence-electron chi connectivity index (χ2n) is 22.7. The smallest absolute Gasteiger partial charge is 0.0559 e. The van der Waals surface area contributed by atoms with Crippen LogP contribution in [0.5, 0.6) is 0 Å². The van der Waals surface area contributed by atoms with Crippen molar-refractivity contribution in [1.29, 1.82) is 0 Å². The Labute approximate surface area is 465 Å². The second kappa shape index (κ2) is 21.9. The van der Waals surface area contributed by atoms with Gasteiger partial charge < -0.3 is 9.80 Å². The van der Waals surface area contributed by atoms with Crippen molar-refractivity contribution in [2.45, 2.75) is 157 Å². The lowest BCUT2D eigenvalue weighted by atomic mass is 9.68. The topological polar surface area (TPSA) is 6.48 Å². The summed E-state index contributed by atoms with van der Waals surface area (Å²) in [4.78, 5) is 5.57. The fourth-order valence-corrected chi connectivity index (χ4v) is 14.7. The van der Waals surface area contributed by atoms with Crippen LogP contribution in [-0.2, 0) is 25.7 Å². The maximum atomic E-state index is 2.84. The highest BCUT2D eigenvalue weighted by Crippen LogP contribution is 2.50. The number of allylic oxidation sites excluding steroid dienone is 6. The van der Waals surface area contributed by atoms with Crippen LogP contribution < -0.4 is 20.2 Å². The normalized spacial score (nSPS) is 18.0. The quantitative estimate of drug-likeness (QED) is 0.0952. The maximum absolute atomic E-state index is 2.84. The molecule has 0 saturated heterocycles. The van der Waals surface area contributed by atoms with Crippen LogP contribution >= 0.6 is 0 Å². The van der Waals surface area contributed by atoms with E-state index in [9.17, 15) is 0 Å². The molecule has 8 aromatic carbocycles. The van der Waals surface area contributed by atoms with Crippen LogP contribution in [0.3, 0.4) is 0 Å². The van der Waals surface area contributed by atoms with Gasteiger partial charge in [0.1, 0.15) is 0 Å². The first-order valence-electron chi connectivity index (χ1n) is 30.2. The van der Waals surface area contributed by atoms with Crippen LogP contribution in [0.15, 0.2) is 186 Å². The minimum absolute atomic E-state index is 0.190. The lowest BCUT2D eigenvalue weighted by molar-refractivity contribution is 0.535. The fourth-order valence-electron chi connectivity index (χ4n) is 14.7. The Bertz CT molecular complexity index is 3910. The molecule has 0 radical (unpaired) electrons. The summed E-state index contributed by atoms with van der Waals surface area (Å²) in [7, 11) is 0. The van der Waals surface area contributed by atoms with E-state index in [1.165, 1.54) is 127 Å². The highest BCUT2D eigenvalue weighted by molar-refractivity contribution is 6.05. The molecular formula is C76H80N2. The van der Waals surface area contributed by atoms with Gasteiger partial charge >= 0.3 is 0 Å². The third-order valence-corrected chi connectivity index (χ3v) is 18.9. The van der Waals surface area contributed by atoms with E-state index in [-0.39, 0.29) is 17.9 Å². The predicted molar refractivity (Wildman–Crippen MR) is 338 cm³/mol. The van der Waals surface area contributed by atoms with Crippen LogP contribution in [0.1, 0.15) is 158 Å². The Kier molecular flexibility index (Phi) is 14.5. The van der Waals surface area contributed by atoms with E-state index < -0.39 is 0 Å². The third kappa shape index (κ3) is 9.08. The Morgan fingerprint density at radius 1 is 0.500 bits per heavy atom. The second-order valence-corrected chi connectivity index (χ2v) is 22.7. The summed E-state index contributed by atoms with van der Waals surface area (Å²) < 4.78 is 0. The monoisotopic (exact) mass is 1020 g/mol. The molecule has 4 aliphatic carbocycles. The molecule has 3 atom stereocenters. The largest absolute Gasteiger partial charge is 0.337 e. The van der Waals surface area contributed by atoms with Crippen molar-refractivity contribution in [1.82, 2.24) is 0 Å². The first-order valence-corrected chi connectivity index (χ1v) is 30.2. The summed E-state index contributed by atoms with van der Waals surface area (Å²) >= 11 is 0. The number of hydrogen-bond donors (Lipinski definition) is 0. The van der Waals surface area contributed by atoms with Crippen LogP contribution in [0.2, 0.25) is 0 Å². The van der Waals surface area contributed by atoms with Crippen LogP contribution in [0, 0.1) is 0 Å². The average molecular weight is 1020 g/mol. The number of hydrogen-bond acceptors (Lipinski definition) is 2. The van der Waals surface area contributed by atoms with Gasteiger partial charge in [-0.05, 0) is 231 Å². The van der Waals surface area contributed by atoms with Crippen molar-refractivity contribution in [2.24, 2.45) is 0 Å². The van der Waals surface area contributed by atoms with Crippen molar-refractivity contribution >= 4 is 61.2 Å². The van der Waals surface area contributed by atoms with E-state index in [1.807, 2.05) is 0 Å². The van der Waals surface area contributed by atoms with Gasteiger partial charge in [0.2, 0.25) is 0 Å². The molecule has 8 aromatic rings. The van der Waals surface area contributed by atoms with E-state index in [0.29, 0.717) is 0 Å². The number of benzene rings is 8. The third-order valence-electron chi connectivity index (χ3n) is 18.9. The zero-order valence-electron chi connectivity index (χ0n) is 47.9. The molecule has 0 heterocycles. The molecule has 0 N–H and O–H groups in total. The van der Waals surface area contributed by atoms with Gasteiger partial charge in [0.05, 0.1) is 11.7 Å². The van der Waals surface area contributed by atoms with Gasteiger partial charge in [0.25, 0.3) is 0 Å². The summed E-state index contributed by atoms with van der Waals surface area (Å²) in [5, 5.41) is 10.8. The van der Waals surface area contributed by atoms with Crippen LogP contribution in [-0.4, -0.2) is 6.04 Å². The molecule has 0 amide bonds. The van der Waals surface area contributed by atoms with Gasteiger partial charge in [0.15, 0.2) is 0 Å². The highest BCUT2D eigenvalue weighted by atomic mass is 15.2. The van der Waals surface area contributed by atoms with E-state index in [4.69, 9.17) is 0 Å². The first-order chi connectivity index (χ1) is 38.3. The van der Waals surface area contributed by atoms with Gasteiger partial charge in [-0.2, -0.15) is 0 Å². The first kappa shape index (κ1) is 51.6. The maximum Gasteiger partial charge on any atom is 0.0559 e. The molecule has 0 spiro atoms. The molecule has 394 valence electrons. The number of anilines is 3. The van der Waals surface area contributed by atoms with Gasteiger partial charge in [0, 0.05) is 28.0 Å². The highest BCUT2D eigenvalue weighted by Gasteiger charge is 2.39. The van der Waals surface area contributed by atoms with Crippen molar-refractivity contribution in [2.75, 3.05) is 9.80 Å². The molecule has 4 aliphatic rings. The number of rotatable bonds is 16. The summed E-state index contributed by atoms with van der Waals surface area (Å²) in [6, 6.07) is 55.3. The minimum atomic E-state index is 0.190. The molecule has 0 aliphatic heterocycles. The number of nitrogens with zero attached hydrogens (tertiary/aromatic N) is 2. The SMILES string of the molecule is CCC1=C(CC)CCC(N(c2ccc(CC)c(CC)c2)c2cc(-c3ccc4ccccc4c3)c3ccc4c5c3c2=CCC5C(c2ccc3ccccc3c2)CC=4N(c2ccc(CC)c(CC)c2)C2C=CC(CC)=C(CC)C2)=C1. The summed E-state index contributed by atoms with van der Waals surface area (Å²) in [6.07, 6.45) is 23.8. The Hall–Kier alpha value is -7.16. The standard InChI is InChI=1S/C76H80N2/c1-9-49-29-33-63(43-53(49)13-5)77(64-34-30-50(10-2)54(14-6)44-64)73-47-71(61-27-25-57-21-17-19-23-59(57)41-61)67-38-40-70-74(78(65-35-31-51(11-3)55(15-7)45-65)66-36-32-52(12-4)56(16-8)46-66)48-72(68-37-39-69(73)75(67)76(68)70)62-28-26-58-22-18-20-24-60(58)42-62/h17-31,33-35,37,39-43,45-46,48,64,67,71H,9-16,32,36,38,44,47H2,1-8H3. The van der Waals surface area contributed by atoms with Crippen LogP contribution in [0.25, 0.3) is 55.2 Å². The lowest BCUT2D eigenvalue weighted by Gasteiger charge is -2.43. The van der Waals surface area contributed by atoms with Gasteiger partial charge in [-0.15, -0.1) is 0 Å². The van der Waals surface area contributed by atoms with Gasteiger partial charge in [-0.3, -0.25) is 0 Å². The summed E-state index contributed by atoms with van der Waals surface area (Å²) in [5.41, 5.74) is 24.4. The fraction of sp³-hybridized carbons (Fsp3) is 0.316. The molecule has 0 saturated carbocycles. The molecular weight excluding hydrogens is 941 g/mol. The zero-order valence-corrected chi connectivity index (χ0v) is 47.9. The molecule has 12 rings (SSSR count). The minimum Gasteiger partial charge on any atom is -0.337 e. The molecule has 0 bridgehead atoms. The molecule has 2 nitrogen and oxygen atoms in total. The molecule has 2 heteroatoms. The van der Waals surface area contributed by atoms with Crippen LogP contribution in [0.4, 0.5) is 17.1 Å². The predicted octanol–water partition coefficient (Wildman–Crippen LogP) is 19.5. The molecule has 0 fully saturated rings. The molecule has 0 aromatic heterocycles. The summed E-state index contributed by atoms with van der Waals surface area (Å²) in [6.45, 7) is 18.7. The van der Waals surface area contributed by atoms with Crippen molar-refractivity contribution in [3.05, 3.63) is 230 Å². The molecule has 78 heavy (non-hydrogen) atoms. The molecule has 3 unspecified atom stereocenters. The van der Waals surface area contributed by atoms with E-state index in [1.54, 1.807) is 11.1 Å². The Morgan fingerprint density at radius 3 is 1.83 bits per heavy atom. The average Bonchev–Trinajstić information content (AvgIpc) is 3.66. The van der Waals surface area contributed by atoms with E-state index >= 15 is 0 Å². The summed E-state index contributed by atoms with van der Waals surface area (Å²) in [5.74, 6) is 0.550.